The molecule has 0 saturated carbocycles. The van der Waals surface area contributed by atoms with E-state index in [1.807, 2.05) is 0 Å². The van der Waals surface area contributed by atoms with E-state index in [2.05, 4.69) is 64.5 Å². The van der Waals surface area contributed by atoms with Crippen LogP contribution in [0.15, 0.2) is 48.5 Å². The Labute approximate surface area is 126 Å². The quantitative estimate of drug-likeness (QED) is 0.467. The zero-order valence-electron chi connectivity index (χ0n) is 11.0. The lowest BCUT2D eigenvalue weighted by molar-refractivity contribution is 0.166. The summed E-state index contributed by atoms with van der Waals surface area (Å²) < 4.78 is 0. The molecule has 0 saturated heterocycles. The van der Waals surface area contributed by atoms with Crippen molar-refractivity contribution in [2.24, 2.45) is 0 Å². The lowest BCUT2D eigenvalue weighted by Gasteiger charge is -2.27. The van der Waals surface area contributed by atoms with Gasteiger partial charge in [0.15, 0.2) is 0 Å². The highest BCUT2D eigenvalue weighted by atomic mass is 79.9. The number of aryl methyl sites for hydroxylation is 1. The zero-order chi connectivity index (χ0) is 13.7. The molecule has 2 atom stereocenters. The third-order valence-electron chi connectivity index (χ3n) is 4.37. The highest BCUT2D eigenvalue weighted by molar-refractivity contribution is 9.09. The van der Waals surface area contributed by atoms with Crippen molar-refractivity contribution in [1.82, 2.24) is 0 Å². The fourth-order valence-corrected chi connectivity index (χ4v) is 3.80. The Morgan fingerprint density at radius 1 is 0.950 bits per heavy atom. The molecule has 0 heterocycles. The van der Waals surface area contributed by atoms with E-state index < -0.39 is 6.10 Å². The molecule has 0 radical (unpaired) electrons. The standard InChI is InChI=1S/C18H15BrO/c19-17-8-7-14-15(18(17)20)6-5-13-9-11-3-1-2-4-12(11)10-16(13)14/h1-6,9-10,17-18,20H,7-8H2/t17-,18-/m0/s1. The smallest absolute Gasteiger partial charge is 0.0917 e. The monoisotopic (exact) mass is 326 g/mol. The van der Waals surface area contributed by atoms with Gasteiger partial charge in [0.1, 0.15) is 0 Å². The van der Waals surface area contributed by atoms with Crippen LogP contribution >= 0.6 is 15.9 Å². The first-order chi connectivity index (χ1) is 9.74. The highest BCUT2D eigenvalue weighted by Gasteiger charge is 2.26. The molecule has 3 aromatic rings. The van der Waals surface area contributed by atoms with Gasteiger partial charge in [0.25, 0.3) is 0 Å². The summed E-state index contributed by atoms with van der Waals surface area (Å²) in [5.74, 6) is 0. The molecule has 1 nitrogen and oxygen atoms in total. The lowest BCUT2D eigenvalue weighted by atomic mass is 9.85. The fraction of sp³-hybridized carbons (Fsp3) is 0.222. The molecule has 0 bridgehead atoms. The van der Waals surface area contributed by atoms with Gasteiger partial charge < -0.3 is 5.11 Å². The van der Waals surface area contributed by atoms with Gasteiger partial charge in [-0.2, -0.15) is 0 Å². The first-order valence-electron chi connectivity index (χ1n) is 7.00. The van der Waals surface area contributed by atoms with Crippen LogP contribution in [-0.4, -0.2) is 9.93 Å². The molecular weight excluding hydrogens is 312 g/mol. The van der Waals surface area contributed by atoms with E-state index in [1.54, 1.807) is 0 Å². The number of alkyl halides is 1. The Balaban J connectivity index is 2.05. The largest absolute Gasteiger partial charge is 0.387 e. The Kier molecular flexibility index (Phi) is 2.83. The minimum Gasteiger partial charge on any atom is -0.387 e. The Morgan fingerprint density at radius 2 is 1.70 bits per heavy atom. The van der Waals surface area contributed by atoms with Gasteiger partial charge in [0.2, 0.25) is 0 Å². The average molecular weight is 327 g/mol. The van der Waals surface area contributed by atoms with Gasteiger partial charge in [-0.15, -0.1) is 0 Å². The number of hydrogen-bond donors (Lipinski definition) is 1. The molecular formula is C18H15BrO. The second kappa shape index (κ2) is 4.57. The van der Waals surface area contributed by atoms with E-state index in [4.69, 9.17) is 0 Å². The molecule has 1 aliphatic carbocycles. The molecule has 0 amide bonds. The van der Waals surface area contributed by atoms with Crippen LogP contribution in [0.4, 0.5) is 0 Å². The zero-order valence-corrected chi connectivity index (χ0v) is 12.6. The van der Waals surface area contributed by atoms with Crippen LogP contribution in [0, 0.1) is 0 Å². The van der Waals surface area contributed by atoms with Crippen LogP contribution in [0.5, 0.6) is 0 Å². The third kappa shape index (κ3) is 1.79. The highest BCUT2D eigenvalue weighted by Crippen LogP contribution is 2.38. The summed E-state index contributed by atoms with van der Waals surface area (Å²) in [6.45, 7) is 0. The van der Waals surface area contributed by atoms with E-state index >= 15 is 0 Å². The Bertz CT molecular complexity index is 809. The van der Waals surface area contributed by atoms with Gasteiger partial charge in [0.05, 0.1) is 6.10 Å². The molecule has 0 fully saturated rings. The van der Waals surface area contributed by atoms with E-state index in [1.165, 1.54) is 27.1 Å². The molecule has 2 heteroatoms. The van der Waals surface area contributed by atoms with Crippen molar-refractivity contribution in [3.8, 4) is 0 Å². The number of benzene rings is 3. The second-order valence-electron chi connectivity index (χ2n) is 5.55. The predicted octanol–water partition coefficient (Wildman–Crippen LogP) is 4.74. The molecule has 0 aliphatic heterocycles. The van der Waals surface area contributed by atoms with Crippen LogP contribution in [-0.2, 0) is 6.42 Å². The number of hydrogen-bond acceptors (Lipinski definition) is 1. The molecule has 20 heavy (non-hydrogen) atoms. The maximum atomic E-state index is 10.4. The van der Waals surface area contributed by atoms with E-state index in [0.717, 1.165) is 18.4 Å². The van der Waals surface area contributed by atoms with Gasteiger partial charge in [-0.3, -0.25) is 0 Å². The van der Waals surface area contributed by atoms with Crippen molar-refractivity contribution in [3.05, 3.63) is 59.7 Å². The van der Waals surface area contributed by atoms with Gasteiger partial charge in [-0.25, -0.2) is 0 Å². The maximum Gasteiger partial charge on any atom is 0.0917 e. The summed E-state index contributed by atoms with van der Waals surface area (Å²) >= 11 is 3.58. The van der Waals surface area contributed by atoms with Crippen molar-refractivity contribution in [1.29, 1.82) is 0 Å². The van der Waals surface area contributed by atoms with Crippen LogP contribution < -0.4 is 0 Å². The summed E-state index contributed by atoms with van der Waals surface area (Å²) in [5.41, 5.74) is 2.40. The van der Waals surface area contributed by atoms with Crippen LogP contribution in [0.1, 0.15) is 23.7 Å². The van der Waals surface area contributed by atoms with Gasteiger partial charge in [0, 0.05) is 4.83 Å². The molecule has 1 aliphatic rings. The van der Waals surface area contributed by atoms with Crippen molar-refractivity contribution in [3.63, 3.8) is 0 Å². The van der Waals surface area contributed by atoms with Crippen molar-refractivity contribution < 1.29 is 5.11 Å². The summed E-state index contributed by atoms with van der Waals surface area (Å²) in [5, 5.41) is 15.5. The first-order valence-corrected chi connectivity index (χ1v) is 7.92. The second-order valence-corrected chi connectivity index (χ2v) is 6.73. The fourth-order valence-electron chi connectivity index (χ4n) is 3.28. The summed E-state index contributed by atoms with van der Waals surface area (Å²) in [6.07, 6.45) is 1.62. The predicted molar refractivity (Wildman–Crippen MR) is 87.4 cm³/mol. The maximum absolute atomic E-state index is 10.4. The average Bonchev–Trinajstić information content (AvgIpc) is 2.48. The first kappa shape index (κ1) is 12.4. The number of halogens is 1. The molecule has 3 aromatic carbocycles. The van der Waals surface area contributed by atoms with E-state index in [9.17, 15) is 5.11 Å². The number of aliphatic hydroxyl groups is 1. The molecule has 0 unspecified atom stereocenters. The van der Waals surface area contributed by atoms with Gasteiger partial charge >= 0.3 is 0 Å². The summed E-state index contributed by atoms with van der Waals surface area (Å²) in [6, 6.07) is 17.2. The molecule has 1 N–H and O–H groups in total. The third-order valence-corrected chi connectivity index (χ3v) is 5.32. The topological polar surface area (TPSA) is 20.2 Å². The number of aliphatic hydroxyl groups excluding tert-OH is 1. The van der Waals surface area contributed by atoms with E-state index in [-0.39, 0.29) is 4.83 Å². The molecule has 100 valence electrons. The molecule has 0 aromatic heterocycles. The Morgan fingerprint density at radius 3 is 2.50 bits per heavy atom. The van der Waals surface area contributed by atoms with Crippen molar-refractivity contribution in [2.75, 3.05) is 0 Å². The Hall–Kier alpha value is -1.38. The number of rotatable bonds is 0. The van der Waals surface area contributed by atoms with E-state index in [0.29, 0.717) is 0 Å². The van der Waals surface area contributed by atoms with Crippen molar-refractivity contribution >= 4 is 37.5 Å². The number of fused-ring (bicyclic) bond motifs is 4. The van der Waals surface area contributed by atoms with Gasteiger partial charge in [-0.1, -0.05) is 52.3 Å². The van der Waals surface area contributed by atoms with Crippen LogP contribution in [0.3, 0.4) is 0 Å². The van der Waals surface area contributed by atoms with Crippen LogP contribution in [0.25, 0.3) is 21.5 Å². The molecule has 0 spiro atoms. The minimum atomic E-state index is -0.394. The SMILES string of the molecule is O[C@H]1c2ccc3cc4ccccc4cc3c2CC[C@@H]1Br. The van der Waals surface area contributed by atoms with Gasteiger partial charge in [-0.05, 0) is 57.6 Å². The lowest BCUT2D eigenvalue weighted by Crippen LogP contribution is -2.20. The summed E-state index contributed by atoms with van der Waals surface area (Å²) in [4.78, 5) is 0.174. The summed E-state index contributed by atoms with van der Waals surface area (Å²) in [7, 11) is 0. The minimum absolute atomic E-state index is 0.174. The normalized spacial score (nSPS) is 22.1. The molecule has 4 rings (SSSR count). The van der Waals surface area contributed by atoms with Crippen LogP contribution in [0.2, 0.25) is 0 Å². The van der Waals surface area contributed by atoms with Crippen molar-refractivity contribution in [2.45, 2.75) is 23.8 Å².